The molecule has 0 radical (unpaired) electrons. The van der Waals surface area contributed by atoms with Crippen LogP contribution in [0.3, 0.4) is 0 Å². The summed E-state index contributed by atoms with van der Waals surface area (Å²) in [4.78, 5) is 34.9. The summed E-state index contributed by atoms with van der Waals surface area (Å²) in [5, 5.41) is 18.2. The largest absolute Gasteiger partial charge is 0.494 e. The quantitative estimate of drug-likeness (QED) is 0.173. The van der Waals surface area contributed by atoms with Crippen molar-refractivity contribution in [3.63, 3.8) is 0 Å². The molecule has 40 heavy (non-hydrogen) atoms. The van der Waals surface area contributed by atoms with Gasteiger partial charge in [0.2, 0.25) is 0 Å². The van der Waals surface area contributed by atoms with E-state index in [-0.39, 0.29) is 6.09 Å². The van der Waals surface area contributed by atoms with Crippen LogP contribution >= 0.6 is 0 Å². The van der Waals surface area contributed by atoms with Crippen molar-refractivity contribution in [2.45, 2.75) is 110 Å². The highest BCUT2D eigenvalue weighted by atomic mass is 16.6. The molecular formula is C30H51N3O7. The second-order valence-corrected chi connectivity index (χ2v) is 11.9. The van der Waals surface area contributed by atoms with E-state index < -0.39 is 29.3 Å². The Morgan fingerprint density at radius 3 is 1.70 bits per heavy atom. The number of rotatable bonds is 18. The summed E-state index contributed by atoms with van der Waals surface area (Å²) in [6.45, 7) is 13.3. The first-order valence-corrected chi connectivity index (χ1v) is 14.4. The Morgan fingerprint density at radius 1 is 0.725 bits per heavy atom. The SMILES string of the molecule is CC(C)(C)OC(=O)NCCCCCCOc1ccc(CC(NCCCCCNC(=O)OC(C)(C)C)C(=O)O)cc1. The summed E-state index contributed by atoms with van der Waals surface area (Å²) in [5.74, 6) is -0.122. The summed E-state index contributed by atoms with van der Waals surface area (Å²) < 4.78 is 16.2. The molecule has 4 N–H and O–H groups in total. The smallest absolute Gasteiger partial charge is 0.407 e. The maximum absolute atomic E-state index is 11.7. The van der Waals surface area contributed by atoms with Crippen LogP contribution in [0, 0.1) is 0 Å². The number of unbranched alkanes of at least 4 members (excludes halogenated alkanes) is 5. The van der Waals surface area contributed by atoms with E-state index in [9.17, 15) is 19.5 Å². The van der Waals surface area contributed by atoms with Gasteiger partial charge >= 0.3 is 18.2 Å². The number of carboxylic acid groups (broad SMARTS) is 1. The topological polar surface area (TPSA) is 135 Å². The number of carbonyl (C=O) groups excluding carboxylic acids is 2. The van der Waals surface area contributed by atoms with Gasteiger partial charge in [0.15, 0.2) is 0 Å². The highest BCUT2D eigenvalue weighted by molar-refractivity contribution is 5.74. The maximum Gasteiger partial charge on any atom is 0.407 e. The predicted molar refractivity (Wildman–Crippen MR) is 156 cm³/mol. The van der Waals surface area contributed by atoms with Crippen LogP contribution in [0.15, 0.2) is 24.3 Å². The number of nitrogens with one attached hydrogen (secondary N) is 3. The lowest BCUT2D eigenvalue weighted by atomic mass is 10.1. The first-order chi connectivity index (χ1) is 18.7. The molecule has 0 aliphatic carbocycles. The molecule has 0 aromatic heterocycles. The van der Waals surface area contributed by atoms with Crippen molar-refractivity contribution in [2.75, 3.05) is 26.2 Å². The number of ether oxygens (including phenoxy) is 3. The van der Waals surface area contributed by atoms with E-state index >= 15 is 0 Å². The van der Waals surface area contributed by atoms with Crippen LogP contribution in [-0.4, -0.2) is 66.7 Å². The third-order valence-electron chi connectivity index (χ3n) is 5.58. The molecule has 0 aliphatic heterocycles. The Kier molecular flexibility index (Phi) is 16.1. The lowest BCUT2D eigenvalue weighted by Gasteiger charge is -2.19. The minimum absolute atomic E-state index is 0.382. The van der Waals surface area contributed by atoms with E-state index in [1.54, 1.807) is 0 Å². The monoisotopic (exact) mass is 565 g/mol. The third-order valence-corrected chi connectivity index (χ3v) is 5.58. The van der Waals surface area contributed by atoms with Gasteiger partial charge in [0.05, 0.1) is 6.61 Å². The molecule has 228 valence electrons. The number of benzene rings is 1. The summed E-state index contributed by atoms with van der Waals surface area (Å²) in [6, 6.07) is 6.87. The van der Waals surface area contributed by atoms with Crippen LogP contribution in [0.2, 0.25) is 0 Å². The zero-order chi connectivity index (χ0) is 30.0. The molecule has 1 atom stereocenters. The van der Waals surface area contributed by atoms with Gasteiger partial charge in [-0.05, 0) is 97.9 Å². The van der Waals surface area contributed by atoms with Crippen LogP contribution in [-0.2, 0) is 20.7 Å². The van der Waals surface area contributed by atoms with E-state index in [0.717, 1.165) is 56.3 Å². The van der Waals surface area contributed by atoms with Gasteiger partial charge in [-0.15, -0.1) is 0 Å². The molecule has 0 saturated heterocycles. The fourth-order valence-corrected chi connectivity index (χ4v) is 3.69. The molecule has 0 bridgehead atoms. The molecule has 0 heterocycles. The molecule has 0 fully saturated rings. The van der Waals surface area contributed by atoms with Crippen molar-refractivity contribution in [2.24, 2.45) is 0 Å². The Hall–Kier alpha value is -3.01. The minimum atomic E-state index is -0.881. The van der Waals surface area contributed by atoms with Gasteiger partial charge in [-0.25, -0.2) is 9.59 Å². The average Bonchev–Trinajstić information content (AvgIpc) is 2.82. The summed E-state index contributed by atoms with van der Waals surface area (Å²) in [7, 11) is 0. The predicted octanol–water partition coefficient (Wildman–Crippen LogP) is 5.43. The second kappa shape index (κ2) is 18.4. The first kappa shape index (κ1) is 35.0. The number of amides is 2. The second-order valence-electron chi connectivity index (χ2n) is 11.9. The van der Waals surface area contributed by atoms with Gasteiger partial charge < -0.3 is 35.3 Å². The van der Waals surface area contributed by atoms with E-state index in [4.69, 9.17) is 14.2 Å². The van der Waals surface area contributed by atoms with Gasteiger partial charge in [0, 0.05) is 13.1 Å². The number of aliphatic carboxylic acids is 1. The van der Waals surface area contributed by atoms with Gasteiger partial charge in [-0.2, -0.15) is 0 Å². The van der Waals surface area contributed by atoms with Crippen LogP contribution in [0.4, 0.5) is 9.59 Å². The number of hydrogen-bond acceptors (Lipinski definition) is 7. The van der Waals surface area contributed by atoms with E-state index in [0.29, 0.717) is 32.7 Å². The zero-order valence-electron chi connectivity index (χ0n) is 25.3. The van der Waals surface area contributed by atoms with Gasteiger partial charge in [-0.1, -0.05) is 31.4 Å². The Labute approximate surface area is 239 Å². The van der Waals surface area contributed by atoms with Crippen LogP contribution in [0.5, 0.6) is 5.75 Å². The number of alkyl carbamates (subject to hydrolysis) is 2. The number of carbonyl (C=O) groups is 3. The van der Waals surface area contributed by atoms with Crippen LogP contribution in [0.1, 0.15) is 92.1 Å². The van der Waals surface area contributed by atoms with Gasteiger partial charge in [0.1, 0.15) is 23.0 Å². The van der Waals surface area contributed by atoms with Crippen molar-refractivity contribution in [3.8, 4) is 5.75 Å². The van der Waals surface area contributed by atoms with E-state index in [2.05, 4.69) is 16.0 Å². The third kappa shape index (κ3) is 19.1. The molecule has 1 aromatic rings. The molecule has 1 unspecified atom stereocenters. The van der Waals surface area contributed by atoms with Crippen molar-refractivity contribution in [1.29, 1.82) is 0 Å². The standard InChI is InChI=1S/C30H51N3O7/c1-29(2,3)39-27(36)32-19-10-7-8-13-21-38-24-16-14-23(15-17-24)22-25(26(34)35)31-18-11-9-12-20-33-28(37)40-30(4,5)6/h14-17,25,31H,7-13,18-22H2,1-6H3,(H,32,36)(H,33,37)(H,34,35). The summed E-state index contributed by atoms with van der Waals surface area (Å²) in [6.07, 6.45) is 5.84. The Morgan fingerprint density at radius 2 is 1.20 bits per heavy atom. The Balaban J connectivity index is 2.18. The highest BCUT2D eigenvalue weighted by Gasteiger charge is 2.18. The number of carboxylic acids is 1. The first-order valence-electron chi connectivity index (χ1n) is 14.4. The van der Waals surface area contributed by atoms with E-state index in [1.807, 2.05) is 65.8 Å². The highest BCUT2D eigenvalue weighted by Crippen LogP contribution is 2.15. The van der Waals surface area contributed by atoms with Crippen molar-refractivity contribution >= 4 is 18.2 Å². The van der Waals surface area contributed by atoms with Crippen molar-refractivity contribution < 1.29 is 33.7 Å². The fourth-order valence-electron chi connectivity index (χ4n) is 3.69. The maximum atomic E-state index is 11.7. The Bertz CT molecular complexity index is 877. The minimum Gasteiger partial charge on any atom is -0.494 e. The lowest BCUT2D eigenvalue weighted by Crippen LogP contribution is -2.39. The molecule has 10 heteroatoms. The van der Waals surface area contributed by atoms with Crippen LogP contribution < -0.4 is 20.7 Å². The molecule has 1 rings (SSSR count). The average molecular weight is 566 g/mol. The van der Waals surface area contributed by atoms with E-state index in [1.165, 1.54) is 0 Å². The molecule has 10 nitrogen and oxygen atoms in total. The lowest BCUT2D eigenvalue weighted by molar-refractivity contribution is -0.139. The van der Waals surface area contributed by atoms with Crippen molar-refractivity contribution in [1.82, 2.24) is 16.0 Å². The van der Waals surface area contributed by atoms with Crippen LogP contribution in [0.25, 0.3) is 0 Å². The molecule has 2 amide bonds. The molecule has 1 aromatic carbocycles. The summed E-state index contributed by atoms with van der Waals surface area (Å²) in [5.41, 5.74) is -0.0788. The molecule has 0 saturated carbocycles. The van der Waals surface area contributed by atoms with Crippen molar-refractivity contribution in [3.05, 3.63) is 29.8 Å². The normalized spacial score (nSPS) is 12.3. The zero-order valence-corrected chi connectivity index (χ0v) is 25.3. The van der Waals surface area contributed by atoms with Gasteiger partial charge in [-0.3, -0.25) is 4.79 Å². The van der Waals surface area contributed by atoms with Gasteiger partial charge in [0.25, 0.3) is 0 Å². The molecular weight excluding hydrogens is 514 g/mol. The summed E-state index contributed by atoms with van der Waals surface area (Å²) >= 11 is 0. The molecule has 0 spiro atoms. The molecule has 0 aliphatic rings. The fraction of sp³-hybridized carbons (Fsp3) is 0.700. The number of hydrogen-bond donors (Lipinski definition) is 4.